The molecule has 0 spiro atoms. The lowest BCUT2D eigenvalue weighted by atomic mass is 10.1. The Morgan fingerprint density at radius 1 is 1.00 bits per heavy atom. The van der Waals surface area contributed by atoms with Crippen LogP contribution in [0, 0.1) is 0 Å². The van der Waals surface area contributed by atoms with Gasteiger partial charge in [-0.15, -0.1) is 0 Å². The highest BCUT2D eigenvalue weighted by molar-refractivity contribution is 6.44. The molecule has 2 aromatic carbocycles. The number of nitrogens with one attached hydrogen (secondary N) is 2. The topological polar surface area (TPSA) is 117 Å². The van der Waals surface area contributed by atoms with E-state index >= 15 is 0 Å². The normalized spacial score (nSPS) is 18.1. The zero-order valence-electron chi connectivity index (χ0n) is 15.7. The minimum absolute atomic E-state index is 0.109. The van der Waals surface area contributed by atoms with Crippen molar-refractivity contribution in [1.29, 1.82) is 0 Å². The van der Waals surface area contributed by atoms with E-state index in [0.29, 0.717) is 16.9 Å². The Kier molecular flexibility index (Phi) is 4.99. The number of para-hydroxylation sites is 1. The maximum atomic E-state index is 12.7. The third-order valence-corrected chi connectivity index (χ3v) is 4.82. The first-order valence-electron chi connectivity index (χ1n) is 9.44. The molecule has 8 nitrogen and oxygen atoms in total. The predicted octanol–water partition coefficient (Wildman–Crippen LogP) is 1.64. The van der Waals surface area contributed by atoms with E-state index in [1.54, 1.807) is 36.4 Å². The lowest BCUT2D eigenvalue weighted by molar-refractivity contribution is -0.119. The minimum atomic E-state index is -0.728. The summed E-state index contributed by atoms with van der Waals surface area (Å²) in [4.78, 5) is 36.8. The fraction of sp³-hybridized carbons (Fsp3) is 0.238. The Balaban J connectivity index is 1.49. The van der Waals surface area contributed by atoms with Gasteiger partial charge in [0.2, 0.25) is 5.91 Å². The van der Waals surface area contributed by atoms with Gasteiger partial charge in [-0.25, -0.2) is 0 Å². The highest BCUT2D eigenvalue weighted by Gasteiger charge is 2.35. The molecule has 1 aliphatic heterocycles. The Hall–Kier alpha value is -3.68. The van der Waals surface area contributed by atoms with Crippen LogP contribution in [0.1, 0.15) is 29.6 Å². The summed E-state index contributed by atoms with van der Waals surface area (Å²) in [6.45, 7) is 0. The Labute approximate surface area is 167 Å². The SMILES string of the molecule is NC(=O)C1CC(C(=O)Nc2cccc(C(=O)NC3CC3)c2)=NN1c1ccccc1. The highest BCUT2D eigenvalue weighted by atomic mass is 16.2. The fourth-order valence-corrected chi connectivity index (χ4v) is 3.13. The summed E-state index contributed by atoms with van der Waals surface area (Å²) in [5, 5.41) is 11.5. The number of nitrogens with zero attached hydrogens (tertiary/aromatic N) is 2. The number of hydrogen-bond acceptors (Lipinski definition) is 5. The van der Waals surface area contributed by atoms with Crippen molar-refractivity contribution in [1.82, 2.24) is 5.32 Å². The summed E-state index contributed by atoms with van der Waals surface area (Å²) in [5.41, 5.74) is 7.34. The molecule has 1 unspecified atom stereocenters. The van der Waals surface area contributed by atoms with E-state index in [-0.39, 0.29) is 24.1 Å². The molecule has 0 saturated heterocycles. The zero-order valence-corrected chi connectivity index (χ0v) is 15.7. The van der Waals surface area contributed by atoms with Gasteiger partial charge in [-0.1, -0.05) is 24.3 Å². The van der Waals surface area contributed by atoms with E-state index in [4.69, 9.17) is 5.73 Å². The van der Waals surface area contributed by atoms with Crippen LogP contribution in [-0.2, 0) is 9.59 Å². The molecular weight excluding hydrogens is 370 g/mol. The van der Waals surface area contributed by atoms with Crippen LogP contribution in [0.5, 0.6) is 0 Å². The van der Waals surface area contributed by atoms with Crippen LogP contribution >= 0.6 is 0 Å². The van der Waals surface area contributed by atoms with Gasteiger partial charge in [0.25, 0.3) is 11.8 Å². The van der Waals surface area contributed by atoms with Gasteiger partial charge >= 0.3 is 0 Å². The van der Waals surface area contributed by atoms with E-state index < -0.39 is 17.9 Å². The van der Waals surface area contributed by atoms with Crippen molar-refractivity contribution in [2.75, 3.05) is 10.3 Å². The van der Waals surface area contributed by atoms with Crippen LogP contribution in [-0.4, -0.2) is 35.5 Å². The third kappa shape index (κ3) is 4.26. The molecule has 2 aromatic rings. The molecule has 1 aliphatic carbocycles. The number of nitrogens with two attached hydrogens (primary N) is 1. The summed E-state index contributed by atoms with van der Waals surface area (Å²) >= 11 is 0. The Bertz CT molecular complexity index is 985. The number of amides is 3. The molecule has 1 atom stereocenters. The summed E-state index contributed by atoms with van der Waals surface area (Å²) in [7, 11) is 0. The molecule has 4 rings (SSSR count). The first-order chi connectivity index (χ1) is 14.0. The zero-order chi connectivity index (χ0) is 20.4. The number of carbonyl (C=O) groups excluding carboxylic acids is 3. The second-order valence-electron chi connectivity index (χ2n) is 7.13. The van der Waals surface area contributed by atoms with E-state index in [1.807, 2.05) is 18.2 Å². The average molecular weight is 391 g/mol. The summed E-state index contributed by atoms with van der Waals surface area (Å²) in [5.74, 6) is -1.15. The molecule has 1 fully saturated rings. The maximum Gasteiger partial charge on any atom is 0.271 e. The first-order valence-corrected chi connectivity index (χ1v) is 9.44. The van der Waals surface area contributed by atoms with E-state index in [0.717, 1.165) is 12.8 Å². The molecule has 3 amide bonds. The van der Waals surface area contributed by atoms with Gasteiger partial charge in [-0.05, 0) is 43.2 Å². The summed E-state index contributed by atoms with van der Waals surface area (Å²) in [6.07, 6.45) is 2.11. The molecular formula is C21H21N5O3. The predicted molar refractivity (Wildman–Crippen MR) is 110 cm³/mol. The van der Waals surface area contributed by atoms with Crippen molar-refractivity contribution < 1.29 is 14.4 Å². The summed E-state index contributed by atoms with van der Waals surface area (Å²) in [6, 6.07) is 15.3. The van der Waals surface area contributed by atoms with Crippen molar-refractivity contribution in [2.45, 2.75) is 31.3 Å². The molecule has 4 N–H and O–H groups in total. The van der Waals surface area contributed by atoms with Crippen LogP contribution in [0.4, 0.5) is 11.4 Å². The quantitative estimate of drug-likeness (QED) is 0.694. The number of hydrazone groups is 1. The van der Waals surface area contributed by atoms with Gasteiger partial charge < -0.3 is 16.4 Å². The van der Waals surface area contributed by atoms with Crippen LogP contribution in [0.25, 0.3) is 0 Å². The van der Waals surface area contributed by atoms with Gasteiger partial charge in [-0.3, -0.25) is 19.4 Å². The van der Waals surface area contributed by atoms with E-state index in [9.17, 15) is 14.4 Å². The van der Waals surface area contributed by atoms with Gasteiger partial charge in [-0.2, -0.15) is 5.10 Å². The number of anilines is 2. The lowest BCUT2D eigenvalue weighted by Crippen LogP contribution is -2.39. The molecule has 8 heteroatoms. The molecule has 0 aromatic heterocycles. The minimum Gasteiger partial charge on any atom is -0.368 e. The molecule has 29 heavy (non-hydrogen) atoms. The number of carbonyl (C=O) groups is 3. The Morgan fingerprint density at radius 3 is 2.45 bits per heavy atom. The summed E-state index contributed by atoms with van der Waals surface area (Å²) < 4.78 is 0. The fourth-order valence-electron chi connectivity index (χ4n) is 3.13. The van der Waals surface area contributed by atoms with Gasteiger partial charge in [0, 0.05) is 23.7 Å². The van der Waals surface area contributed by atoms with Crippen molar-refractivity contribution in [3.63, 3.8) is 0 Å². The smallest absolute Gasteiger partial charge is 0.271 e. The number of primary amides is 1. The monoisotopic (exact) mass is 391 g/mol. The molecule has 148 valence electrons. The first kappa shape index (κ1) is 18.7. The van der Waals surface area contributed by atoms with E-state index in [2.05, 4.69) is 15.7 Å². The molecule has 1 heterocycles. The van der Waals surface area contributed by atoms with Crippen LogP contribution in [0.3, 0.4) is 0 Å². The highest BCUT2D eigenvalue weighted by Crippen LogP contribution is 2.25. The molecule has 0 bridgehead atoms. The maximum absolute atomic E-state index is 12.7. The van der Waals surface area contributed by atoms with Crippen molar-refractivity contribution >= 4 is 34.8 Å². The van der Waals surface area contributed by atoms with Crippen LogP contribution in [0.15, 0.2) is 59.7 Å². The van der Waals surface area contributed by atoms with Crippen molar-refractivity contribution in [3.05, 3.63) is 60.2 Å². The largest absolute Gasteiger partial charge is 0.368 e. The van der Waals surface area contributed by atoms with Crippen molar-refractivity contribution in [2.24, 2.45) is 10.8 Å². The Morgan fingerprint density at radius 2 is 1.76 bits per heavy atom. The second-order valence-corrected chi connectivity index (χ2v) is 7.13. The van der Waals surface area contributed by atoms with Crippen LogP contribution in [0.2, 0.25) is 0 Å². The van der Waals surface area contributed by atoms with Gasteiger partial charge in [0.05, 0.1) is 5.69 Å². The van der Waals surface area contributed by atoms with Crippen LogP contribution < -0.4 is 21.4 Å². The second kappa shape index (κ2) is 7.75. The molecule has 1 saturated carbocycles. The molecule has 0 radical (unpaired) electrons. The number of hydrogen-bond donors (Lipinski definition) is 3. The average Bonchev–Trinajstić information content (AvgIpc) is 3.41. The standard InChI is InChI=1S/C21H21N5O3/c22-19(27)18-12-17(25-26(18)16-7-2-1-3-8-16)21(29)24-15-6-4-5-13(11-15)20(28)23-14-9-10-14/h1-8,11,14,18H,9-10,12H2,(H2,22,27)(H,23,28)(H,24,29). The van der Waals surface area contributed by atoms with Gasteiger partial charge in [0.1, 0.15) is 11.8 Å². The van der Waals surface area contributed by atoms with Gasteiger partial charge in [0.15, 0.2) is 0 Å². The third-order valence-electron chi connectivity index (χ3n) is 4.82. The number of rotatable bonds is 6. The molecule has 2 aliphatic rings. The van der Waals surface area contributed by atoms with Crippen molar-refractivity contribution in [3.8, 4) is 0 Å². The van der Waals surface area contributed by atoms with E-state index in [1.165, 1.54) is 5.01 Å². The lowest BCUT2D eigenvalue weighted by Gasteiger charge is -2.20. The number of benzene rings is 2.